The Morgan fingerprint density at radius 3 is 2.45 bits per heavy atom. The fourth-order valence-corrected chi connectivity index (χ4v) is 3.85. The van der Waals surface area contributed by atoms with Gasteiger partial charge in [0.15, 0.2) is 0 Å². The maximum Gasteiger partial charge on any atom is 0.223 e. The van der Waals surface area contributed by atoms with Gasteiger partial charge in [-0.15, -0.1) is 0 Å². The van der Waals surface area contributed by atoms with Crippen molar-refractivity contribution in [2.75, 3.05) is 19.7 Å². The summed E-state index contributed by atoms with van der Waals surface area (Å²) in [4.78, 5) is 14.3. The summed E-state index contributed by atoms with van der Waals surface area (Å²) in [5, 5.41) is 13.4. The minimum atomic E-state index is 0.0409. The Balaban J connectivity index is 1.79. The Morgan fingerprint density at radius 2 is 1.91 bits per heavy atom. The Morgan fingerprint density at radius 1 is 1.27 bits per heavy atom. The van der Waals surface area contributed by atoms with E-state index in [1.54, 1.807) is 0 Å². The predicted octanol–water partition coefficient (Wildman–Crippen LogP) is 2.55. The molecule has 22 heavy (non-hydrogen) atoms. The van der Waals surface area contributed by atoms with E-state index in [0.29, 0.717) is 24.4 Å². The zero-order valence-electron chi connectivity index (χ0n) is 14.8. The van der Waals surface area contributed by atoms with Gasteiger partial charge in [0, 0.05) is 43.6 Å². The van der Waals surface area contributed by atoms with Crippen molar-refractivity contribution in [3.05, 3.63) is 0 Å². The third kappa shape index (κ3) is 4.45. The molecule has 0 spiro atoms. The van der Waals surface area contributed by atoms with Gasteiger partial charge in [-0.1, -0.05) is 34.1 Å². The normalized spacial score (nSPS) is 30.8. The van der Waals surface area contributed by atoms with Gasteiger partial charge in [0.2, 0.25) is 5.91 Å². The van der Waals surface area contributed by atoms with E-state index < -0.39 is 0 Å². The van der Waals surface area contributed by atoms with E-state index in [1.807, 2.05) is 4.90 Å². The molecular weight excluding hydrogens is 276 g/mol. The molecular formula is C18H34N2O2. The topological polar surface area (TPSA) is 52.6 Å². The van der Waals surface area contributed by atoms with Gasteiger partial charge in [-0.25, -0.2) is 0 Å². The van der Waals surface area contributed by atoms with Crippen molar-refractivity contribution in [2.24, 2.45) is 10.8 Å². The van der Waals surface area contributed by atoms with Gasteiger partial charge >= 0.3 is 0 Å². The second-order valence-electron chi connectivity index (χ2n) is 8.82. The van der Waals surface area contributed by atoms with Gasteiger partial charge in [-0.3, -0.25) is 4.79 Å². The van der Waals surface area contributed by atoms with Crippen LogP contribution in [0.5, 0.6) is 0 Å². The van der Waals surface area contributed by atoms with Crippen molar-refractivity contribution in [1.29, 1.82) is 0 Å². The maximum atomic E-state index is 12.3. The molecule has 0 bridgehead atoms. The van der Waals surface area contributed by atoms with E-state index in [0.717, 1.165) is 32.4 Å². The summed E-state index contributed by atoms with van der Waals surface area (Å²) in [5.74, 6) is 0.298. The molecule has 1 heterocycles. The first-order valence-electron chi connectivity index (χ1n) is 8.88. The van der Waals surface area contributed by atoms with E-state index in [1.165, 1.54) is 12.8 Å². The van der Waals surface area contributed by atoms with Crippen LogP contribution >= 0.6 is 0 Å². The number of rotatable bonds is 4. The standard InChI is InChI=1S/C18H34N2O2/c1-17(2,3)12-16(22)20-10-7-14(8-11-20)19-15-6-5-9-18(15,4)13-21/h14-15,19,21H,5-13H2,1-4H3/t15-,18+/m1/s1. The minimum Gasteiger partial charge on any atom is -0.396 e. The molecule has 1 aliphatic heterocycles. The molecule has 2 N–H and O–H groups in total. The molecule has 1 amide bonds. The fourth-order valence-electron chi connectivity index (χ4n) is 3.85. The summed E-state index contributed by atoms with van der Waals surface area (Å²) in [5.41, 5.74) is 0.109. The van der Waals surface area contributed by atoms with Crippen LogP contribution in [-0.2, 0) is 4.79 Å². The molecule has 4 nitrogen and oxygen atoms in total. The van der Waals surface area contributed by atoms with Gasteiger partial charge in [-0.2, -0.15) is 0 Å². The minimum absolute atomic E-state index is 0.0409. The fraction of sp³-hybridized carbons (Fsp3) is 0.944. The van der Waals surface area contributed by atoms with E-state index in [2.05, 4.69) is 33.0 Å². The van der Waals surface area contributed by atoms with E-state index in [4.69, 9.17) is 0 Å². The molecule has 1 aliphatic carbocycles. The van der Waals surface area contributed by atoms with Crippen LogP contribution < -0.4 is 5.32 Å². The molecule has 2 rings (SSSR count). The number of nitrogens with zero attached hydrogens (tertiary/aromatic N) is 1. The lowest BCUT2D eigenvalue weighted by Gasteiger charge is -2.38. The van der Waals surface area contributed by atoms with Crippen molar-refractivity contribution < 1.29 is 9.90 Å². The predicted molar refractivity (Wildman–Crippen MR) is 89.6 cm³/mol. The Hall–Kier alpha value is -0.610. The van der Waals surface area contributed by atoms with E-state index >= 15 is 0 Å². The van der Waals surface area contributed by atoms with Crippen LogP contribution in [0.3, 0.4) is 0 Å². The molecule has 2 fully saturated rings. The molecule has 0 aromatic carbocycles. The number of hydrogen-bond donors (Lipinski definition) is 2. The third-order valence-corrected chi connectivity index (χ3v) is 5.41. The van der Waals surface area contributed by atoms with Gasteiger partial charge in [0.25, 0.3) is 0 Å². The second-order valence-corrected chi connectivity index (χ2v) is 8.82. The summed E-state index contributed by atoms with van der Waals surface area (Å²) in [6.45, 7) is 10.6. The van der Waals surface area contributed by atoms with Gasteiger partial charge in [-0.05, 0) is 31.1 Å². The molecule has 0 unspecified atom stereocenters. The smallest absolute Gasteiger partial charge is 0.223 e. The van der Waals surface area contributed by atoms with Crippen LogP contribution in [0.4, 0.5) is 0 Å². The number of carbonyl (C=O) groups is 1. The first-order valence-corrected chi connectivity index (χ1v) is 8.88. The molecule has 4 heteroatoms. The monoisotopic (exact) mass is 310 g/mol. The molecule has 1 saturated heterocycles. The number of aliphatic hydroxyl groups is 1. The Kier molecular flexibility index (Phi) is 5.54. The quantitative estimate of drug-likeness (QED) is 0.839. The van der Waals surface area contributed by atoms with Crippen molar-refractivity contribution >= 4 is 5.91 Å². The van der Waals surface area contributed by atoms with E-state index in [-0.39, 0.29) is 17.4 Å². The van der Waals surface area contributed by atoms with Gasteiger partial charge in [0.05, 0.1) is 0 Å². The highest BCUT2D eigenvalue weighted by Crippen LogP contribution is 2.38. The van der Waals surface area contributed by atoms with Crippen LogP contribution in [-0.4, -0.2) is 47.7 Å². The SMILES string of the molecule is CC(C)(C)CC(=O)N1CCC(N[C@@H]2CCC[C@@]2(C)CO)CC1. The summed E-state index contributed by atoms with van der Waals surface area (Å²) in [7, 11) is 0. The number of hydrogen-bond acceptors (Lipinski definition) is 3. The number of nitrogens with one attached hydrogen (secondary N) is 1. The van der Waals surface area contributed by atoms with Crippen LogP contribution in [0.2, 0.25) is 0 Å². The van der Waals surface area contributed by atoms with Gasteiger partial charge in [0.1, 0.15) is 0 Å². The molecule has 0 aromatic heterocycles. The Bertz CT molecular complexity index is 383. The van der Waals surface area contributed by atoms with Crippen molar-refractivity contribution in [1.82, 2.24) is 10.2 Å². The van der Waals surface area contributed by atoms with E-state index in [9.17, 15) is 9.90 Å². The maximum absolute atomic E-state index is 12.3. The first kappa shape index (κ1) is 17.7. The van der Waals surface area contributed by atoms with Crippen molar-refractivity contribution in [3.8, 4) is 0 Å². The van der Waals surface area contributed by atoms with Crippen LogP contribution in [0.25, 0.3) is 0 Å². The molecule has 128 valence electrons. The van der Waals surface area contributed by atoms with Crippen molar-refractivity contribution in [2.45, 2.75) is 78.3 Å². The van der Waals surface area contributed by atoms with Gasteiger partial charge < -0.3 is 15.3 Å². The third-order valence-electron chi connectivity index (χ3n) is 5.41. The largest absolute Gasteiger partial charge is 0.396 e. The second kappa shape index (κ2) is 6.88. The van der Waals surface area contributed by atoms with Crippen molar-refractivity contribution in [3.63, 3.8) is 0 Å². The number of aliphatic hydroxyl groups excluding tert-OH is 1. The number of likely N-dealkylation sites (tertiary alicyclic amines) is 1. The molecule has 1 saturated carbocycles. The average Bonchev–Trinajstić information content (AvgIpc) is 2.80. The number of carbonyl (C=O) groups excluding carboxylic acids is 1. The Labute approximate surface area is 135 Å². The molecule has 0 radical (unpaired) electrons. The zero-order chi connectivity index (χ0) is 16.4. The molecule has 0 aromatic rings. The summed E-state index contributed by atoms with van der Waals surface area (Å²) in [6, 6.07) is 0.923. The lowest BCUT2D eigenvalue weighted by atomic mass is 9.85. The molecule has 2 aliphatic rings. The number of amides is 1. The highest BCUT2D eigenvalue weighted by molar-refractivity contribution is 5.76. The summed E-state index contributed by atoms with van der Waals surface area (Å²) >= 11 is 0. The lowest BCUT2D eigenvalue weighted by Crippen LogP contribution is -2.51. The zero-order valence-corrected chi connectivity index (χ0v) is 14.8. The van der Waals surface area contributed by atoms with Crippen LogP contribution in [0.15, 0.2) is 0 Å². The van der Waals surface area contributed by atoms with Crippen LogP contribution in [0, 0.1) is 10.8 Å². The first-order chi connectivity index (χ1) is 10.2. The molecule has 2 atom stereocenters. The highest BCUT2D eigenvalue weighted by Gasteiger charge is 2.39. The van der Waals surface area contributed by atoms with Crippen LogP contribution in [0.1, 0.15) is 66.2 Å². The lowest BCUT2D eigenvalue weighted by molar-refractivity contribution is -0.134. The summed E-state index contributed by atoms with van der Waals surface area (Å²) in [6.07, 6.45) is 6.19. The highest BCUT2D eigenvalue weighted by atomic mass is 16.3. The average molecular weight is 310 g/mol. The number of piperidine rings is 1. The summed E-state index contributed by atoms with van der Waals surface area (Å²) < 4.78 is 0.